The van der Waals surface area contributed by atoms with Gasteiger partial charge in [-0.1, -0.05) is 0 Å². The van der Waals surface area contributed by atoms with Gasteiger partial charge in [-0.3, -0.25) is 14.1 Å². The summed E-state index contributed by atoms with van der Waals surface area (Å²) < 4.78 is 28.7. The summed E-state index contributed by atoms with van der Waals surface area (Å²) in [6.45, 7) is 0. The summed E-state index contributed by atoms with van der Waals surface area (Å²) in [7, 11) is -4.84. The summed E-state index contributed by atoms with van der Waals surface area (Å²) in [6, 6.07) is 0. The van der Waals surface area contributed by atoms with Crippen LogP contribution in [-0.2, 0) is 19.7 Å². The molecule has 0 radical (unpaired) electrons. The Hall–Kier alpha value is 1.14. The van der Waals surface area contributed by atoms with Crippen molar-refractivity contribution in [2.24, 2.45) is 0 Å². The van der Waals surface area contributed by atoms with E-state index in [1.165, 1.54) is 0 Å². The van der Waals surface area contributed by atoms with Crippen LogP contribution >= 0.6 is 12.4 Å². The van der Waals surface area contributed by atoms with Crippen LogP contribution in [-0.4, -0.2) is 99.5 Å². The molecule has 15 heavy (non-hydrogen) atoms. The fourth-order valence-electron chi connectivity index (χ4n) is 0.479. The van der Waals surface area contributed by atoms with Gasteiger partial charge in [0.25, 0.3) is 10.1 Å². The molecule has 0 aromatic carbocycles. The molecule has 0 rings (SSSR count). The van der Waals surface area contributed by atoms with Gasteiger partial charge >= 0.3 is 71.1 Å². The minimum absolute atomic E-state index is 0. The molecule has 0 aliphatic rings. The van der Waals surface area contributed by atoms with Crippen molar-refractivity contribution in [1.82, 2.24) is 0 Å². The third kappa shape index (κ3) is 11.4. The molecule has 0 aromatic rings. The van der Waals surface area contributed by atoms with Gasteiger partial charge in [0.15, 0.2) is 5.25 Å². The molecule has 1 unspecified atom stereocenters. The van der Waals surface area contributed by atoms with Crippen molar-refractivity contribution in [1.29, 1.82) is 0 Å². The van der Waals surface area contributed by atoms with E-state index in [2.05, 4.69) is 0 Å². The fourth-order valence-corrected chi connectivity index (χ4v) is 1.09. The molecule has 82 valence electrons. The minimum atomic E-state index is -4.84. The molecule has 0 aliphatic heterocycles. The van der Waals surface area contributed by atoms with Crippen LogP contribution in [0.1, 0.15) is 6.42 Å². The molecule has 7 nitrogen and oxygen atoms in total. The quantitative estimate of drug-likeness (QED) is 0.399. The maximum absolute atomic E-state index is 10.2. The van der Waals surface area contributed by atoms with Gasteiger partial charge in [-0.05, 0) is 0 Å². The maximum atomic E-state index is 10.2. The Morgan fingerprint density at radius 2 is 1.47 bits per heavy atom. The Balaban J connectivity index is -0.000000202. The van der Waals surface area contributed by atoms with Crippen molar-refractivity contribution in [3.8, 4) is 0 Å². The summed E-state index contributed by atoms with van der Waals surface area (Å²) in [6.07, 6.45) is -1.16. The van der Waals surface area contributed by atoms with Crippen LogP contribution in [0.2, 0.25) is 0 Å². The standard InChI is InChI=1S/C4H6O7S.ClH.2Na.2H/c5-3(6)1-2(4(7)8)12(9,10)11;;;;;/h2H,1H2,(H,5,6)(H,7,8)(H,9,10,11);1H;;;;. The Labute approximate surface area is 136 Å². The molecule has 0 bridgehead atoms. The number of carboxylic acids is 2. The Kier molecular flexibility index (Phi) is 17.2. The molecule has 11 heteroatoms. The second-order valence-corrected chi connectivity index (χ2v) is 3.54. The normalized spacial score (nSPS) is 11.0. The Bertz CT molecular complexity index is 302. The van der Waals surface area contributed by atoms with E-state index in [0.29, 0.717) is 0 Å². The van der Waals surface area contributed by atoms with Gasteiger partial charge in [-0.2, -0.15) is 8.42 Å². The van der Waals surface area contributed by atoms with Gasteiger partial charge in [0, 0.05) is 0 Å². The number of rotatable bonds is 4. The first-order chi connectivity index (χ1) is 5.25. The predicted octanol–water partition coefficient (Wildman–Crippen LogP) is -2.07. The van der Waals surface area contributed by atoms with Crippen molar-refractivity contribution in [2.45, 2.75) is 11.7 Å². The van der Waals surface area contributed by atoms with Crippen LogP contribution in [0.15, 0.2) is 0 Å². The van der Waals surface area contributed by atoms with E-state index in [1.807, 2.05) is 0 Å². The number of carbonyl (C=O) groups is 2. The number of hydrogen-bond donors (Lipinski definition) is 3. The van der Waals surface area contributed by atoms with E-state index in [9.17, 15) is 18.0 Å². The zero-order valence-corrected chi connectivity index (χ0v) is 7.71. The van der Waals surface area contributed by atoms with E-state index < -0.39 is 33.7 Å². The third-order valence-corrected chi connectivity index (χ3v) is 2.08. The average molecular weight is 283 g/mol. The van der Waals surface area contributed by atoms with Crippen LogP contribution in [0.3, 0.4) is 0 Å². The van der Waals surface area contributed by atoms with Gasteiger partial charge in [-0.15, -0.1) is 12.4 Å². The Morgan fingerprint density at radius 3 is 1.53 bits per heavy atom. The van der Waals surface area contributed by atoms with Crippen LogP contribution in [0.5, 0.6) is 0 Å². The van der Waals surface area contributed by atoms with E-state index >= 15 is 0 Å². The van der Waals surface area contributed by atoms with Crippen LogP contribution in [0.4, 0.5) is 0 Å². The molecule has 0 fully saturated rings. The van der Waals surface area contributed by atoms with Gasteiger partial charge in [0.05, 0.1) is 6.42 Å². The van der Waals surface area contributed by atoms with E-state index in [0.717, 1.165) is 0 Å². The van der Waals surface area contributed by atoms with Crippen molar-refractivity contribution in [3.63, 3.8) is 0 Å². The molecule has 3 N–H and O–H groups in total. The molecule has 0 aliphatic carbocycles. The average Bonchev–Trinajstić information content (AvgIpc) is 1.79. The molecule has 1 atom stereocenters. The number of halogens is 1. The topological polar surface area (TPSA) is 129 Å². The van der Waals surface area contributed by atoms with E-state index in [-0.39, 0.29) is 71.5 Å². The van der Waals surface area contributed by atoms with Gasteiger partial charge in [0.2, 0.25) is 0 Å². The van der Waals surface area contributed by atoms with E-state index in [1.54, 1.807) is 0 Å². The summed E-state index contributed by atoms with van der Waals surface area (Å²) in [5.74, 6) is -3.50. The first kappa shape index (κ1) is 25.1. The second kappa shape index (κ2) is 10.3. The fraction of sp³-hybridized carbons (Fsp3) is 0.500. The van der Waals surface area contributed by atoms with Crippen molar-refractivity contribution >= 4 is 93.6 Å². The summed E-state index contributed by atoms with van der Waals surface area (Å²) >= 11 is 0. The zero-order valence-electron chi connectivity index (χ0n) is 6.08. The summed E-state index contributed by atoms with van der Waals surface area (Å²) in [4.78, 5) is 20.0. The van der Waals surface area contributed by atoms with Crippen molar-refractivity contribution < 1.29 is 32.8 Å². The predicted molar refractivity (Wildman–Crippen MR) is 56.8 cm³/mol. The van der Waals surface area contributed by atoms with Crippen LogP contribution < -0.4 is 0 Å². The first-order valence-electron chi connectivity index (χ1n) is 2.66. The second-order valence-electron chi connectivity index (χ2n) is 1.94. The number of hydrogen-bond acceptors (Lipinski definition) is 4. The Morgan fingerprint density at radius 1 is 1.13 bits per heavy atom. The van der Waals surface area contributed by atoms with Gasteiger partial charge in [0.1, 0.15) is 0 Å². The number of aliphatic carboxylic acids is 2. The zero-order chi connectivity index (χ0) is 9.94. The molecular formula is C4H9ClNa2O7S. The van der Waals surface area contributed by atoms with Crippen molar-refractivity contribution in [3.05, 3.63) is 0 Å². The van der Waals surface area contributed by atoms with E-state index in [4.69, 9.17) is 14.8 Å². The van der Waals surface area contributed by atoms with Gasteiger partial charge in [-0.25, -0.2) is 0 Å². The SMILES string of the molecule is Cl.O=C(O)CC(C(=O)O)S(=O)(=O)O.[NaH].[NaH]. The van der Waals surface area contributed by atoms with Gasteiger partial charge < -0.3 is 10.2 Å². The molecular weight excluding hydrogens is 274 g/mol. The van der Waals surface area contributed by atoms with Crippen LogP contribution in [0, 0.1) is 0 Å². The molecule has 0 saturated carbocycles. The third-order valence-electron chi connectivity index (χ3n) is 0.995. The van der Waals surface area contributed by atoms with Crippen molar-refractivity contribution in [2.75, 3.05) is 0 Å². The molecule has 0 spiro atoms. The summed E-state index contributed by atoms with van der Waals surface area (Å²) in [5.41, 5.74) is 0. The summed E-state index contributed by atoms with van der Waals surface area (Å²) in [5, 5.41) is 13.9. The first-order valence-corrected chi connectivity index (χ1v) is 4.16. The molecule has 0 heterocycles. The molecule has 0 amide bonds. The molecule has 0 aromatic heterocycles. The monoisotopic (exact) mass is 282 g/mol. The number of carboxylic acid groups (broad SMARTS) is 2. The molecule has 0 saturated heterocycles. The van der Waals surface area contributed by atoms with Crippen LogP contribution in [0.25, 0.3) is 0 Å².